The van der Waals surface area contributed by atoms with Crippen molar-refractivity contribution >= 4 is 11.9 Å². The first-order valence-corrected chi connectivity index (χ1v) is 6.34. The summed E-state index contributed by atoms with van der Waals surface area (Å²) in [7, 11) is 1.60. The second kappa shape index (κ2) is 6.38. The molecule has 0 saturated heterocycles. The van der Waals surface area contributed by atoms with Crippen molar-refractivity contribution in [2.75, 3.05) is 26.9 Å². The van der Waals surface area contributed by atoms with E-state index in [9.17, 15) is 9.59 Å². The Bertz CT molecular complexity index is 500. The molecule has 1 amide bonds. The maximum atomic E-state index is 12.0. The van der Waals surface area contributed by atoms with Crippen molar-refractivity contribution in [3.63, 3.8) is 0 Å². The van der Waals surface area contributed by atoms with Crippen LogP contribution in [0.2, 0.25) is 0 Å². The van der Waals surface area contributed by atoms with Crippen molar-refractivity contribution in [2.24, 2.45) is 0 Å². The monoisotopic (exact) mass is 279 g/mol. The highest BCUT2D eigenvalue weighted by Crippen LogP contribution is 2.27. The molecule has 0 spiro atoms. The molecular formula is C14H17NO5. The largest absolute Gasteiger partial charge is 0.496 e. The van der Waals surface area contributed by atoms with Crippen LogP contribution >= 0.6 is 0 Å². The van der Waals surface area contributed by atoms with Gasteiger partial charge in [0.05, 0.1) is 7.11 Å². The fourth-order valence-electron chi connectivity index (χ4n) is 2.27. The number of carboxylic acid groups (broad SMARTS) is 1. The zero-order valence-electron chi connectivity index (χ0n) is 11.3. The molecule has 1 aliphatic heterocycles. The zero-order chi connectivity index (χ0) is 14.5. The quantitative estimate of drug-likeness (QED) is 0.857. The van der Waals surface area contributed by atoms with Gasteiger partial charge in [-0.2, -0.15) is 0 Å². The number of ether oxygens (including phenoxy) is 2. The van der Waals surface area contributed by atoms with Crippen LogP contribution in [0.25, 0.3) is 0 Å². The van der Waals surface area contributed by atoms with Crippen LogP contribution in [0.3, 0.4) is 0 Å². The number of hydrogen-bond donors (Lipinski definition) is 1. The molecule has 1 aromatic rings. The number of carbonyl (C=O) groups excluding carboxylic acids is 1. The molecule has 1 heterocycles. The lowest BCUT2D eigenvalue weighted by atomic mass is 9.99. The molecule has 108 valence electrons. The van der Waals surface area contributed by atoms with E-state index >= 15 is 0 Å². The molecular weight excluding hydrogens is 262 g/mol. The van der Waals surface area contributed by atoms with Crippen LogP contribution < -0.4 is 4.74 Å². The van der Waals surface area contributed by atoms with Crippen LogP contribution in [0.15, 0.2) is 18.2 Å². The standard InChI is InChI=1S/C14H17NO5/c1-19-12-4-2-3-10-5-6-15(7-11(10)12)13(16)8-20-9-14(17)18/h2-4H,5-9H2,1H3,(H,17,18). The zero-order valence-corrected chi connectivity index (χ0v) is 11.3. The fourth-order valence-corrected chi connectivity index (χ4v) is 2.27. The summed E-state index contributed by atoms with van der Waals surface area (Å²) in [6.45, 7) is 0.403. The highest BCUT2D eigenvalue weighted by atomic mass is 16.5. The summed E-state index contributed by atoms with van der Waals surface area (Å²) in [5.41, 5.74) is 2.19. The Kier molecular flexibility index (Phi) is 4.57. The Balaban J connectivity index is 1.99. The molecule has 0 unspecified atom stereocenters. The second-order valence-electron chi connectivity index (χ2n) is 4.55. The molecule has 1 aromatic carbocycles. The summed E-state index contributed by atoms with van der Waals surface area (Å²) < 4.78 is 10.1. The van der Waals surface area contributed by atoms with Gasteiger partial charge in [-0.15, -0.1) is 0 Å². The van der Waals surface area contributed by atoms with Gasteiger partial charge in [0.15, 0.2) is 0 Å². The third kappa shape index (κ3) is 3.27. The number of methoxy groups -OCH3 is 1. The first-order valence-electron chi connectivity index (χ1n) is 6.34. The molecule has 0 saturated carbocycles. The molecule has 1 N–H and O–H groups in total. The lowest BCUT2D eigenvalue weighted by Crippen LogP contribution is -2.38. The maximum absolute atomic E-state index is 12.0. The predicted octanol–water partition coefficient (Wildman–Crippen LogP) is 0.681. The van der Waals surface area contributed by atoms with Gasteiger partial charge < -0.3 is 19.5 Å². The molecule has 0 aliphatic carbocycles. The Labute approximate surface area is 116 Å². The molecule has 6 heteroatoms. The van der Waals surface area contributed by atoms with E-state index in [0.29, 0.717) is 13.1 Å². The summed E-state index contributed by atoms with van der Waals surface area (Å²) in [4.78, 5) is 24.0. The average Bonchev–Trinajstić information content (AvgIpc) is 2.45. The van der Waals surface area contributed by atoms with E-state index in [1.807, 2.05) is 18.2 Å². The minimum Gasteiger partial charge on any atom is -0.496 e. The minimum absolute atomic E-state index is 0.206. The summed E-state index contributed by atoms with van der Waals surface area (Å²) in [6.07, 6.45) is 0.761. The molecule has 0 bridgehead atoms. The van der Waals surface area contributed by atoms with Crippen LogP contribution in [0, 0.1) is 0 Å². The highest BCUT2D eigenvalue weighted by Gasteiger charge is 2.23. The van der Waals surface area contributed by atoms with Crippen LogP contribution in [0.4, 0.5) is 0 Å². The molecule has 1 aliphatic rings. The van der Waals surface area contributed by atoms with Gasteiger partial charge in [-0.1, -0.05) is 12.1 Å². The Morgan fingerprint density at radius 1 is 1.35 bits per heavy atom. The van der Waals surface area contributed by atoms with Crippen molar-refractivity contribution in [3.05, 3.63) is 29.3 Å². The lowest BCUT2D eigenvalue weighted by molar-refractivity contribution is -0.146. The number of aliphatic carboxylic acids is 1. The molecule has 0 aromatic heterocycles. The van der Waals surface area contributed by atoms with Crippen LogP contribution in [0.1, 0.15) is 11.1 Å². The number of fused-ring (bicyclic) bond motifs is 1. The second-order valence-corrected chi connectivity index (χ2v) is 4.55. The van der Waals surface area contributed by atoms with Gasteiger partial charge in [0.25, 0.3) is 0 Å². The summed E-state index contributed by atoms with van der Waals surface area (Å²) in [6, 6.07) is 5.83. The van der Waals surface area contributed by atoms with Gasteiger partial charge in [0.1, 0.15) is 19.0 Å². The normalized spacial score (nSPS) is 13.8. The Hall–Kier alpha value is -2.08. The van der Waals surface area contributed by atoms with Crippen molar-refractivity contribution in [3.8, 4) is 5.75 Å². The van der Waals surface area contributed by atoms with Gasteiger partial charge in [-0.05, 0) is 18.1 Å². The van der Waals surface area contributed by atoms with E-state index in [1.165, 1.54) is 5.56 Å². The lowest BCUT2D eigenvalue weighted by Gasteiger charge is -2.29. The number of carboxylic acids is 1. The topological polar surface area (TPSA) is 76.1 Å². The van der Waals surface area contributed by atoms with Crippen molar-refractivity contribution in [1.29, 1.82) is 0 Å². The average molecular weight is 279 g/mol. The molecule has 6 nitrogen and oxygen atoms in total. The number of carbonyl (C=O) groups is 2. The number of rotatable bonds is 5. The Morgan fingerprint density at radius 2 is 2.15 bits per heavy atom. The summed E-state index contributed by atoms with van der Waals surface area (Å²) in [5.74, 6) is -0.516. The van der Waals surface area contributed by atoms with Gasteiger partial charge in [-0.3, -0.25) is 4.79 Å². The molecule has 0 radical (unpaired) electrons. The summed E-state index contributed by atoms with van der Waals surface area (Å²) >= 11 is 0. The molecule has 0 fully saturated rings. The van der Waals surface area contributed by atoms with Gasteiger partial charge >= 0.3 is 5.97 Å². The number of benzene rings is 1. The smallest absolute Gasteiger partial charge is 0.329 e. The van der Waals surface area contributed by atoms with Crippen molar-refractivity contribution in [1.82, 2.24) is 4.90 Å². The number of nitrogens with zero attached hydrogens (tertiary/aromatic N) is 1. The third-order valence-corrected chi connectivity index (χ3v) is 3.25. The predicted molar refractivity (Wildman–Crippen MR) is 70.6 cm³/mol. The van der Waals surface area contributed by atoms with Crippen LogP contribution in [0.5, 0.6) is 5.75 Å². The van der Waals surface area contributed by atoms with E-state index in [-0.39, 0.29) is 12.5 Å². The highest BCUT2D eigenvalue weighted by molar-refractivity contribution is 5.78. The molecule has 20 heavy (non-hydrogen) atoms. The maximum Gasteiger partial charge on any atom is 0.329 e. The van der Waals surface area contributed by atoms with E-state index in [0.717, 1.165) is 17.7 Å². The van der Waals surface area contributed by atoms with Gasteiger partial charge in [-0.25, -0.2) is 4.79 Å². The van der Waals surface area contributed by atoms with E-state index in [4.69, 9.17) is 14.6 Å². The van der Waals surface area contributed by atoms with Gasteiger partial charge in [0, 0.05) is 18.7 Å². The van der Waals surface area contributed by atoms with E-state index < -0.39 is 12.6 Å². The summed E-state index contributed by atoms with van der Waals surface area (Å²) in [5, 5.41) is 8.47. The Morgan fingerprint density at radius 3 is 2.85 bits per heavy atom. The van der Waals surface area contributed by atoms with Crippen molar-refractivity contribution in [2.45, 2.75) is 13.0 Å². The SMILES string of the molecule is COc1cccc2c1CN(C(=O)COCC(=O)O)CC2. The van der Waals surface area contributed by atoms with Gasteiger partial charge in [0.2, 0.25) is 5.91 Å². The molecule has 2 rings (SSSR count). The number of amides is 1. The first kappa shape index (κ1) is 14.3. The third-order valence-electron chi connectivity index (χ3n) is 3.25. The number of hydrogen-bond acceptors (Lipinski definition) is 4. The minimum atomic E-state index is -1.08. The van der Waals surface area contributed by atoms with E-state index in [1.54, 1.807) is 12.0 Å². The molecule has 0 atom stereocenters. The van der Waals surface area contributed by atoms with E-state index in [2.05, 4.69) is 0 Å². The van der Waals surface area contributed by atoms with Crippen molar-refractivity contribution < 1.29 is 24.2 Å². The van der Waals surface area contributed by atoms with Crippen LogP contribution in [-0.2, 0) is 27.3 Å². The van der Waals surface area contributed by atoms with Crippen LogP contribution in [-0.4, -0.2) is 48.8 Å². The fraction of sp³-hybridized carbons (Fsp3) is 0.429. The first-order chi connectivity index (χ1) is 9.61.